The van der Waals surface area contributed by atoms with E-state index in [2.05, 4.69) is 10.2 Å². The molecule has 1 atom stereocenters. The molecule has 0 saturated carbocycles. The highest BCUT2D eigenvalue weighted by atomic mass is 35.7. The summed E-state index contributed by atoms with van der Waals surface area (Å²) in [6.45, 7) is 0.753. The van der Waals surface area contributed by atoms with Crippen molar-refractivity contribution in [3.8, 4) is 0 Å². The van der Waals surface area contributed by atoms with Gasteiger partial charge in [0, 0.05) is 30.8 Å². The van der Waals surface area contributed by atoms with Crippen LogP contribution in [0, 0.1) is 0 Å². The molecule has 0 amide bonds. The number of hydrogen-bond acceptors (Lipinski definition) is 5. The third-order valence-corrected chi connectivity index (χ3v) is 4.03. The highest BCUT2D eigenvalue weighted by molar-refractivity contribution is 8.13. The summed E-state index contributed by atoms with van der Waals surface area (Å²) in [6, 6.07) is 0. The van der Waals surface area contributed by atoms with Crippen LogP contribution in [0.1, 0.15) is 25.1 Å². The monoisotopic (exact) mass is 279 g/mol. The first-order chi connectivity index (χ1) is 7.98. The van der Waals surface area contributed by atoms with Crippen molar-refractivity contribution in [3.63, 3.8) is 0 Å². The summed E-state index contributed by atoms with van der Waals surface area (Å²) in [5.74, 6) is 0.580. The first-order valence-corrected chi connectivity index (χ1v) is 7.74. The number of halogens is 1. The molecule has 1 saturated heterocycles. The molecule has 1 fully saturated rings. The SMILES string of the molecule is Cn1c(CC2CCCCO2)nnc1S(=O)(=O)Cl. The largest absolute Gasteiger partial charge is 0.378 e. The Balaban J connectivity index is 2.14. The maximum absolute atomic E-state index is 11.2. The van der Waals surface area contributed by atoms with Crippen LogP contribution in [0.2, 0.25) is 0 Å². The molecular weight excluding hydrogens is 266 g/mol. The molecule has 17 heavy (non-hydrogen) atoms. The van der Waals surface area contributed by atoms with E-state index in [1.54, 1.807) is 7.05 Å². The maximum Gasteiger partial charge on any atom is 0.296 e. The second-order valence-corrected chi connectivity index (χ2v) is 6.55. The average Bonchev–Trinajstić information content (AvgIpc) is 2.61. The van der Waals surface area contributed by atoms with Crippen LogP contribution in [0.3, 0.4) is 0 Å². The summed E-state index contributed by atoms with van der Waals surface area (Å²) >= 11 is 0. The van der Waals surface area contributed by atoms with Crippen LogP contribution in [0.15, 0.2) is 5.16 Å². The van der Waals surface area contributed by atoms with Gasteiger partial charge in [-0.25, -0.2) is 8.42 Å². The third-order valence-electron chi connectivity index (χ3n) is 2.83. The van der Waals surface area contributed by atoms with Gasteiger partial charge in [-0.15, -0.1) is 10.2 Å². The second-order valence-electron chi connectivity index (χ2n) is 4.09. The molecule has 0 aromatic carbocycles. The maximum atomic E-state index is 11.2. The van der Waals surface area contributed by atoms with Crippen LogP contribution in [0.5, 0.6) is 0 Å². The third kappa shape index (κ3) is 2.97. The minimum Gasteiger partial charge on any atom is -0.378 e. The number of aromatic nitrogens is 3. The zero-order chi connectivity index (χ0) is 12.5. The molecule has 8 heteroatoms. The van der Waals surface area contributed by atoms with Gasteiger partial charge >= 0.3 is 0 Å². The normalized spacial score (nSPS) is 21.6. The number of ether oxygens (including phenoxy) is 1. The summed E-state index contributed by atoms with van der Waals surface area (Å²) in [4.78, 5) is 0. The number of nitrogens with zero attached hydrogens (tertiary/aromatic N) is 3. The molecule has 0 spiro atoms. The average molecular weight is 280 g/mol. The standard InChI is InChI=1S/C9H14ClN3O3S/c1-13-8(6-7-4-2-3-5-16-7)11-12-9(13)17(10,14)15/h7H,2-6H2,1H3. The van der Waals surface area contributed by atoms with Crippen LogP contribution in [-0.4, -0.2) is 35.9 Å². The van der Waals surface area contributed by atoms with Crippen molar-refractivity contribution in [1.29, 1.82) is 0 Å². The van der Waals surface area contributed by atoms with E-state index in [4.69, 9.17) is 15.4 Å². The minimum atomic E-state index is -3.83. The number of rotatable bonds is 3. The molecule has 1 aromatic rings. The number of hydrogen-bond donors (Lipinski definition) is 0. The zero-order valence-corrected chi connectivity index (χ0v) is 11.0. The Labute approximate surface area is 104 Å². The van der Waals surface area contributed by atoms with Gasteiger partial charge in [0.1, 0.15) is 5.82 Å². The summed E-state index contributed by atoms with van der Waals surface area (Å²) < 4.78 is 29.3. The molecule has 0 N–H and O–H groups in total. The quantitative estimate of drug-likeness (QED) is 0.767. The van der Waals surface area contributed by atoms with Gasteiger partial charge in [0.2, 0.25) is 0 Å². The van der Waals surface area contributed by atoms with E-state index < -0.39 is 9.05 Å². The molecular formula is C9H14ClN3O3S. The van der Waals surface area contributed by atoms with Crippen molar-refractivity contribution in [1.82, 2.24) is 14.8 Å². The van der Waals surface area contributed by atoms with Gasteiger partial charge in [0.25, 0.3) is 14.2 Å². The molecule has 6 nitrogen and oxygen atoms in total. The summed E-state index contributed by atoms with van der Waals surface area (Å²) in [5, 5.41) is 7.22. The lowest BCUT2D eigenvalue weighted by molar-refractivity contribution is 0.0152. The van der Waals surface area contributed by atoms with Crippen LogP contribution in [0.25, 0.3) is 0 Å². The van der Waals surface area contributed by atoms with Gasteiger partial charge in [0.15, 0.2) is 0 Å². The van der Waals surface area contributed by atoms with Crippen LogP contribution in [0.4, 0.5) is 0 Å². The summed E-state index contributed by atoms with van der Waals surface area (Å²) in [5.41, 5.74) is 0. The van der Waals surface area contributed by atoms with E-state index in [0.717, 1.165) is 25.9 Å². The van der Waals surface area contributed by atoms with Crippen molar-refractivity contribution in [3.05, 3.63) is 5.82 Å². The lowest BCUT2D eigenvalue weighted by Crippen LogP contribution is -2.23. The van der Waals surface area contributed by atoms with E-state index in [1.807, 2.05) is 0 Å². The van der Waals surface area contributed by atoms with Crippen LogP contribution in [-0.2, 0) is 27.3 Å². The lowest BCUT2D eigenvalue weighted by atomic mass is 10.1. The minimum absolute atomic E-state index is 0.0949. The Bertz CT molecular complexity index is 494. The lowest BCUT2D eigenvalue weighted by Gasteiger charge is -2.21. The Hall–Kier alpha value is -0.660. The second kappa shape index (κ2) is 4.91. The summed E-state index contributed by atoms with van der Waals surface area (Å²) in [7, 11) is 3.00. The first-order valence-electron chi connectivity index (χ1n) is 5.43. The van der Waals surface area contributed by atoms with Crippen molar-refractivity contribution in [2.45, 2.75) is 36.9 Å². The van der Waals surface area contributed by atoms with Gasteiger partial charge in [-0.2, -0.15) is 0 Å². The Morgan fingerprint density at radius 3 is 2.76 bits per heavy atom. The topological polar surface area (TPSA) is 74.1 Å². The van der Waals surface area contributed by atoms with Gasteiger partial charge < -0.3 is 9.30 Å². The van der Waals surface area contributed by atoms with Crippen molar-refractivity contribution < 1.29 is 13.2 Å². The summed E-state index contributed by atoms with van der Waals surface area (Å²) in [6.07, 6.45) is 3.84. The fourth-order valence-electron chi connectivity index (χ4n) is 1.91. The first kappa shape index (κ1) is 12.8. The molecule has 0 bridgehead atoms. The van der Waals surface area contributed by atoms with Gasteiger partial charge in [-0.05, 0) is 19.3 Å². The van der Waals surface area contributed by atoms with E-state index >= 15 is 0 Å². The highest BCUT2D eigenvalue weighted by Gasteiger charge is 2.23. The predicted molar refractivity (Wildman–Crippen MR) is 61.3 cm³/mol. The Morgan fingerprint density at radius 1 is 1.47 bits per heavy atom. The fourth-order valence-corrected chi connectivity index (χ4v) is 2.88. The van der Waals surface area contributed by atoms with Crippen molar-refractivity contribution in [2.24, 2.45) is 7.05 Å². The molecule has 1 unspecified atom stereocenters. The Kier molecular flexibility index (Phi) is 3.70. The molecule has 1 aromatic heterocycles. The zero-order valence-electron chi connectivity index (χ0n) is 9.47. The van der Waals surface area contributed by atoms with Crippen molar-refractivity contribution in [2.75, 3.05) is 6.61 Å². The molecule has 0 aliphatic carbocycles. The van der Waals surface area contributed by atoms with E-state index in [-0.39, 0.29) is 11.3 Å². The Morgan fingerprint density at radius 2 is 2.24 bits per heavy atom. The van der Waals surface area contributed by atoms with Crippen molar-refractivity contribution >= 4 is 19.7 Å². The van der Waals surface area contributed by atoms with Gasteiger partial charge in [-0.3, -0.25) is 0 Å². The van der Waals surface area contributed by atoms with Gasteiger partial charge in [-0.1, -0.05) is 0 Å². The van der Waals surface area contributed by atoms with Gasteiger partial charge in [0.05, 0.1) is 6.10 Å². The molecule has 2 heterocycles. The van der Waals surface area contributed by atoms with Crippen LogP contribution >= 0.6 is 10.7 Å². The fraction of sp³-hybridized carbons (Fsp3) is 0.778. The molecule has 1 aliphatic heterocycles. The highest BCUT2D eigenvalue weighted by Crippen LogP contribution is 2.18. The van der Waals surface area contributed by atoms with E-state index in [1.165, 1.54) is 4.57 Å². The molecule has 0 radical (unpaired) electrons. The van der Waals surface area contributed by atoms with Crippen LogP contribution < -0.4 is 0 Å². The predicted octanol–water partition coefficient (Wildman–Crippen LogP) is 0.854. The molecule has 96 valence electrons. The van der Waals surface area contributed by atoms with E-state index in [9.17, 15) is 8.42 Å². The smallest absolute Gasteiger partial charge is 0.296 e. The molecule has 1 aliphatic rings. The molecule has 2 rings (SSSR count). The van der Waals surface area contributed by atoms with E-state index in [0.29, 0.717) is 12.2 Å².